The molecule has 0 fully saturated rings. The number of nitrogens with zero attached hydrogens (tertiary/aromatic N) is 1. The van der Waals surface area contributed by atoms with Crippen molar-refractivity contribution in [1.82, 2.24) is 4.90 Å². The molecule has 0 amide bonds. The van der Waals surface area contributed by atoms with Crippen LogP contribution in [0.25, 0.3) is 0 Å². The Bertz CT molecular complexity index is 423. The Morgan fingerprint density at radius 1 is 1.56 bits per heavy atom. The highest BCUT2D eigenvalue weighted by atomic mass is 79.9. The number of aliphatic carboxylic acids is 1. The number of methoxy groups -OCH3 is 1. The van der Waals surface area contributed by atoms with Crippen molar-refractivity contribution in [3.63, 3.8) is 0 Å². The lowest BCUT2D eigenvalue weighted by atomic mass is 10.1. The average molecular weight is 316 g/mol. The fourth-order valence-electron chi connectivity index (χ4n) is 1.68. The van der Waals surface area contributed by atoms with Crippen LogP contribution >= 0.6 is 15.9 Å². The maximum Gasteiger partial charge on any atom is 0.307 e. The quantitative estimate of drug-likeness (QED) is 0.876. The minimum absolute atomic E-state index is 0.368. The first-order chi connectivity index (χ1) is 8.43. The molecule has 0 spiro atoms. The molecule has 0 heterocycles. The smallest absolute Gasteiger partial charge is 0.307 e. The Morgan fingerprint density at radius 3 is 2.72 bits per heavy atom. The van der Waals surface area contributed by atoms with Gasteiger partial charge in [-0.2, -0.15) is 0 Å². The van der Waals surface area contributed by atoms with Gasteiger partial charge in [0.15, 0.2) is 0 Å². The van der Waals surface area contributed by atoms with Gasteiger partial charge in [-0.25, -0.2) is 0 Å². The van der Waals surface area contributed by atoms with Crippen LogP contribution in [0.5, 0.6) is 5.75 Å². The molecule has 1 atom stereocenters. The van der Waals surface area contributed by atoms with Crippen LogP contribution in [-0.2, 0) is 11.3 Å². The Balaban J connectivity index is 2.64. The van der Waals surface area contributed by atoms with E-state index in [9.17, 15) is 4.79 Å². The Morgan fingerprint density at radius 2 is 2.22 bits per heavy atom. The van der Waals surface area contributed by atoms with Gasteiger partial charge in [0.05, 0.1) is 13.0 Å². The van der Waals surface area contributed by atoms with Gasteiger partial charge in [-0.1, -0.05) is 28.9 Å². The summed E-state index contributed by atoms with van der Waals surface area (Å²) < 4.78 is 6.10. The highest BCUT2D eigenvalue weighted by Crippen LogP contribution is 2.24. The summed E-state index contributed by atoms with van der Waals surface area (Å²) in [5.74, 6) is -0.338. The molecule has 0 aliphatic heterocycles. The molecular formula is C13H18BrNO3. The second-order valence-electron chi connectivity index (χ2n) is 4.39. The zero-order chi connectivity index (χ0) is 13.7. The summed E-state index contributed by atoms with van der Waals surface area (Å²) in [6.07, 6.45) is 0. The van der Waals surface area contributed by atoms with Crippen LogP contribution in [0.3, 0.4) is 0 Å². The molecule has 0 aliphatic rings. The molecule has 1 aromatic rings. The normalized spacial score (nSPS) is 12.5. The van der Waals surface area contributed by atoms with Gasteiger partial charge in [-0.3, -0.25) is 4.79 Å². The summed E-state index contributed by atoms with van der Waals surface area (Å²) >= 11 is 3.49. The Kier molecular flexibility index (Phi) is 5.62. The Labute approximate surface area is 116 Å². The number of carbonyl (C=O) groups is 1. The van der Waals surface area contributed by atoms with Gasteiger partial charge in [0.25, 0.3) is 0 Å². The van der Waals surface area contributed by atoms with Gasteiger partial charge in [0.1, 0.15) is 5.75 Å². The van der Waals surface area contributed by atoms with Gasteiger partial charge in [0.2, 0.25) is 0 Å². The molecule has 1 rings (SSSR count). The molecule has 0 bridgehead atoms. The van der Waals surface area contributed by atoms with Crippen molar-refractivity contribution in [2.24, 2.45) is 5.92 Å². The minimum Gasteiger partial charge on any atom is -0.497 e. The van der Waals surface area contributed by atoms with E-state index in [1.807, 2.05) is 30.1 Å². The first-order valence-electron chi connectivity index (χ1n) is 5.67. The molecule has 0 radical (unpaired) electrons. The largest absolute Gasteiger partial charge is 0.497 e. The number of halogens is 1. The third-order valence-corrected chi connectivity index (χ3v) is 3.45. The van der Waals surface area contributed by atoms with E-state index in [0.717, 1.165) is 15.8 Å². The van der Waals surface area contributed by atoms with Crippen LogP contribution in [0.1, 0.15) is 12.5 Å². The monoisotopic (exact) mass is 315 g/mol. The van der Waals surface area contributed by atoms with Crippen molar-refractivity contribution in [2.75, 3.05) is 20.7 Å². The van der Waals surface area contributed by atoms with Crippen LogP contribution in [0, 0.1) is 5.92 Å². The van der Waals surface area contributed by atoms with E-state index in [0.29, 0.717) is 13.1 Å². The second kappa shape index (κ2) is 6.75. The zero-order valence-electron chi connectivity index (χ0n) is 10.8. The van der Waals surface area contributed by atoms with Crippen LogP contribution in [0.4, 0.5) is 0 Å². The van der Waals surface area contributed by atoms with E-state index in [-0.39, 0.29) is 5.92 Å². The predicted molar refractivity (Wildman–Crippen MR) is 73.8 cm³/mol. The topological polar surface area (TPSA) is 49.8 Å². The SMILES string of the molecule is COc1ccc(CN(C)CC(C)C(=O)O)c(Br)c1. The predicted octanol–water partition coefficient (Wildman–Crippen LogP) is 2.61. The fraction of sp³-hybridized carbons (Fsp3) is 0.462. The van der Waals surface area contributed by atoms with Crippen molar-refractivity contribution < 1.29 is 14.6 Å². The lowest BCUT2D eigenvalue weighted by molar-refractivity contribution is -0.141. The lowest BCUT2D eigenvalue weighted by Crippen LogP contribution is -2.28. The maximum atomic E-state index is 10.8. The summed E-state index contributed by atoms with van der Waals surface area (Å²) in [7, 11) is 3.54. The summed E-state index contributed by atoms with van der Waals surface area (Å²) in [6.45, 7) is 2.93. The fourth-order valence-corrected chi connectivity index (χ4v) is 2.17. The standard InChI is InChI=1S/C13H18BrNO3/c1-9(13(16)17)7-15(2)8-10-4-5-11(18-3)6-12(10)14/h4-6,9H,7-8H2,1-3H3,(H,16,17). The molecule has 0 aliphatic carbocycles. The number of hydrogen-bond donors (Lipinski definition) is 1. The minimum atomic E-state index is -0.768. The highest BCUT2D eigenvalue weighted by Gasteiger charge is 2.14. The molecule has 1 unspecified atom stereocenters. The van der Waals surface area contributed by atoms with Crippen molar-refractivity contribution >= 4 is 21.9 Å². The molecule has 0 saturated carbocycles. The maximum absolute atomic E-state index is 10.8. The molecule has 0 saturated heterocycles. The van der Waals surface area contributed by atoms with E-state index in [4.69, 9.17) is 9.84 Å². The van der Waals surface area contributed by atoms with Gasteiger partial charge in [-0.15, -0.1) is 0 Å². The van der Waals surface area contributed by atoms with Crippen molar-refractivity contribution in [2.45, 2.75) is 13.5 Å². The number of hydrogen-bond acceptors (Lipinski definition) is 3. The molecule has 5 heteroatoms. The van der Waals surface area contributed by atoms with Crippen molar-refractivity contribution in [3.05, 3.63) is 28.2 Å². The van der Waals surface area contributed by atoms with Crippen molar-refractivity contribution in [3.8, 4) is 5.75 Å². The van der Waals surface area contributed by atoms with Gasteiger partial charge in [0, 0.05) is 17.6 Å². The van der Waals surface area contributed by atoms with E-state index >= 15 is 0 Å². The highest BCUT2D eigenvalue weighted by molar-refractivity contribution is 9.10. The van der Waals surface area contributed by atoms with E-state index < -0.39 is 5.97 Å². The molecule has 0 aromatic heterocycles. The second-order valence-corrected chi connectivity index (χ2v) is 5.25. The molecule has 1 N–H and O–H groups in total. The average Bonchev–Trinajstić information content (AvgIpc) is 2.31. The number of rotatable bonds is 6. The summed E-state index contributed by atoms with van der Waals surface area (Å²) in [6, 6.07) is 5.78. The van der Waals surface area contributed by atoms with Crippen LogP contribution in [-0.4, -0.2) is 36.7 Å². The molecule has 4 nitrogen and oxygen atoms in total. The van der Waals surface area contributed by atoms with Crippen LogP contribution < -0.4 is 4.74 Å². The number of carboxylic acids is 1. The lowest BCUT2D eigenvalue weighted by Gasteiger charge is -2.20. The number of ether oxygens (including phenoxy) is 1. The molecule has 100 valence electrons. The first kappa shape index (κ1) is 15.0. The molecular weight excluding hydrogens is 298 g/mol. The Hall–Kier alpha value is -1.07. The first-order valence-corrected chi connectivity index (χ1v) is 6.47. The molecule has 1 aromatic carbocycles. The van der Waals surface area contributed by atoms with Gasteiger partial charge >= 0.3 is 5.97 Å². The third kappa shape index (κ3) is 4.31. The third-order valence-electron chi connectivity index (χ3n) is 2.71. The summed E-state index contributed by atoms with van der Waals surface area (Å²) in [4.78, 5) is 12.8. The van der Waals surface area contributed by atoms with E-state index in [1.165, 1.54) is 0 Å². The van der Waals surface area contributed by atoms with Crippen molar-refractivity contribution in [1.29, 1.82) is 0 Å². The van der Waals surface area contributed by atoms with E-state index in [2.05, 4.69) is 15.9 Å². The van der Waals surface area contributed by atoms with Gasteiger partial charge in [-0.05, 0) is 24.7 Å². The van der Waals surface area contributed by atoms with Crippen LogP contribution in [0.15, 0.2) is 22.7 Å². The van der Waals surface area contributed by atoms with Crippen LogP contribution in [0.2, 0.25) is 0 Å². The summed E-state index contributed by atoms with van der Waals surface area (Å²) in [5, 5.41) is 8.87. The summed E-state index contributed by atoms with van der Waals surface area (Å²) in [5.41, 5.74) is 1.11. The van der Waals surface area contributed by atoms with Gasteiger partial charge < -0.3 is 14.7 Å². The number of benzene rings is 1. The zero-order valence-corrected chi connectivity index (χ0v) is 12.4. The molecule has 18 heavy (non-hydrogen) atoms. The number of carboxylic acid groups (broad SMARTS) is 1. The van der Waals surface area contributed by atoms with E-state index in [1.54, 1.807) is 14.0 Å².